The Balaban J connectivity index is 1.65. The number of amides is 1. The van der Waals surface area contributed by atoms with Crippen LogP contribution in [0.25, 0.3) is 4.96 Å². The average Bonchev–Trinajstić information content (AvgIpc) is 3.00. The summed E-state index contributed by atoms with van der Waals surface area (Å²) in [4.78, 5) is 17.4. The van der Waals surface area contributed by atoms with Gasteiger partial charge in [-0.1, -0.05) is 0 Å². The van der Waals surface area contributed by atoms with Gasteiger partial charge in [0.25, 0.3) is 0 Å². The summed E-state index contributed by atoms with van der Waals surface area (Å²) in [6, 6.07) is 0. The number of thiazole rings is 1. The number of aliphatic hydroxyl groups is 1. The van der Waals surface area contributed by atoms with Crippen LogP contribution in [0, 0.1) is 0 Å². The monoisotopic (exact) mass is 295 g/mol. The molecule has 0 saturated carbocycles. The van der Waals surface area contributed by atoms with Crippen LogP contribution in [0.15, 0.2) is 17.8 Å². The molecular weight excluding hydrogens is 278 g/mol. The first-order valence-corrected chi connectivity index (χ1v) is 7.49. The third-order valence-electron chi connectivity index (χ3n) is 3.64. The van der Waals surface area contributed by atoms with Crippen LogP contribution in [0.1, 0.15) is 18.5 Å². The fraction of sp³-hybridized carbons (Fsp3) is 0.538. The number of carbonyl (C=O) groups excluding carboxylic acids is 1. The van der Waals surface area contributed by atoms with Crippen molar-refractivity contribution in [1.82, 2.24) is 14.7 Å². The van der Waals surface area contributed by atoms with Gasteiger partial charge < -0.3 is 15.2 Å². The number of nitrogens with zero attached hydrogens (tertiary/aromatic N) is 2. The highest BCUT2D eigenvalue weighted by molar-refractivity contribution is 7.15. The molecule has 108 valence electrons. The van der Waals surface area contributed by atoms with E-state index in [0.29, 0.717) is 26.1 Å². The summed E-state index contributed by atoms with van der Waals surface area (Å²) in [5, 5.41) is 14.5. The Labute approximate surface area is 120 Å². The molecule has 0 radical (unpaired) electrons. The average molecular weight is 295 g/mol. The van der Waals surface area contributed by atoms with Crippen molar-refractivity contribution >= 4 is 22.2 Å². The highest BCUT2D eigenvalue weighted by atomic mass is 32.1. The molecule has 1 aliphatic heterocycles. The van der Waals surface area contributed by atoms with E-state index in [9.17, 15) is 9.90 Å². The molecule has 2 N–H and O–H groups in total. The minimum atomic E-state index is -0.535. The summed E-state index contributed by atoms with van der Waals surface area (Å²) in [5.74, 6) is -0.105. The maximum absolute atomic E-state index is 12.1. The van der Waals surface area contributed by atoms with E-state index in [2.05, 4.69) is 10.3 Å². The highest BCUT2D eigenvalue weighted by Crippen LogP contribution is 2.20. The number of fused-ring (bicyclic) bond motifs is 1. The molecule has 0 bridgehead atoms. The summed E-state index contributed by atoms with van der Waals surface area (Å²) in [6.07, 6.45) is 5.31. The van der Waals surface area contributed by atoms with Gasteiger partial charge in [0.2, 0.25) is 5.91 Å². The summed E-state index contributed by atoms with van der Waals surface area (Å²) >= 11 is 1.54. The van der Waals surface area contributed by atoms with Crippen molar-refractivity contribution in [2.24, 2.45) is 0 Å². The number of aliphatic hydroxyl groups excluding tert-OH is 1. The fourth-order valence-electron chi connectivity index (χ4n) is 2.45. The van der Waals surface area contributed by atoms with Crippen LogP contribution in [0.3, 0.4) is 0 Å². The Kier molecular flexibility index (Phi) is 3.73. The van der Waals surface area contributed by atoms with Crippen LogP contribution in [-0.2, 0) is 16.0 Å². The number of hydrogen-bond donors (Lipinski definition) is 2. The summed E-state index contributed by atoms with van der Waals surface area (Å²) < 4.78 is 7.19. The van der Waals surface area contributed by atoms with Gasteiger partial charge >= 0.3 is 0 Å². The Morgan fingerprint density at radius 2 is 2.35 bits per heavy atom. The van der Waals surface area contributed by atoms with Gasteiger partial charge in [-0.05, 0) is 12.8 Å². The van der Waals surface area contributed by atoms with E-state index >= 15 is 0 Å². The van der Waals surface area contributed by atoms with Crippen molar-refractivity contribution in [1.29, 1.82) is 0 Å². The summed E-state index contributed by atoms with van der Waals surface area (Å²) in [7, 11) is 0. The van der Waals surface area contributed by atoms with Crippen LogP contribution in [0.4, 0.5) is 0 Å². The molecule has 1 amide bonds. The Hall–Kier alpha value is -1.44. The van der Waals surface area contributed by atoms with Crippen LogP contribution >= 0.6 is 11.3 Å². The Morgan fingerprint density at radius 3 is 3.05 bits per heavy atom. The number of carbonyl (C=O) groups is 1. The maximum Gasteiger partial charge on any atom is 0.226 e. The van der Waals surface area contributed by atoms with E-state index in [1.165, 1.54) is 11.3 Å². The fourth-order valence-corrected chi connectivity index (χ4v) is 3.17. The molecule has 0 atom stereocenters. The lowest BCUT2D eigenvalue weighted by Gasteiger charge is -2.36. The van der Waals surface area contributed by atoms with E-state index < -0.39 is 5.54 Å². The smallest absolute Gasteiger partial charge is 0.226 e. The van der Waals surface area contributed by atoms with E-state index in [-0.39, 0.29) is 18.9 Å². The second-order valence-electron chi connectivity index (χ2n) is 5.10. The van der Waals surface area contributed by atoms with Crippen molar-refractivity contribution in [3.05, 3.63) is 23.5 Å². The van der Waals surface area contributed by atoms with Crippen molar-refractivity contribution in [2.45, 2.75) is 24.8 Å². The third-order valence-corrected chi connectivity index (χ3v) is 4.41. The van der Waals surface area contributed by atoms with Gasteiger partial charge in [0.15, 0.2) is 4.96 Å². The molecule has 6 nitrogen and oxygen atoms in total. The predicted octanol–water partition coefficient (Wildman–Crippen LogP) is 0.596. The van der Waals surface area contributed by atoms with Crippen LogP contribution < -0.4 is 5.32 Å². The Bertz CT molecular complexity index is 572. The first-order valence-electron chi connectivity index (χ1n) is 6.61. The molecule has 1 saturated heterocycles. The minimum absolute atomic E-state index is 0.0552. The minimum Gasteiger partial charge on any atom is -0.394 e. The first-order chi connectivity index (χ1) is 9.71. The van der Waals surface area contributed by atoms with Gasteiger partial charge in [-0.15, -0.1) is 11.3 Å². The number of aromatic nitrogens is 2. The highest BCUT2D eigenvalue weighted by Gasteiger charge is 2.33. The van der Waals surface area contributed by atoms with Gasteiger partial charge in [0.05, 0.1) is 24.3 Å². The van der Waals surface area contributed by atoms with Crippen LogP contribution in [0.2, 0.25) is 0 Å². The second kappa shape index (κ2) is 5.51. The van der Waals surface area contributed by atoms with Gasteiger partial charge in [-0.25, -0.2) is 4.98 Å². The molecule has 2 aromatic rings. The molecule has 0 aliphatic carbocycles. The van der Waals surface area contributed by atoms with Gasteiger partial charge in [0.1, 0.15) is 0 Å². The van der Waals surface area contributed by atoms with Gasteiger partial charge in [-0.3, -0.25) is 9.20 Å². The summed E-state index contributed by atoms with van der Waals surface area (Å²) in [5.41, 5.74) is 0.210. The molecule has 2 aromatic heterocycles. The standard InChI is InChI=1S/C13H17N3O3S/c17-9-13(1-4-19-5-2-13)15-11(18)7-10-8-16-3-6-20-12(16)14-10/h3,6,8,17H,1-2,4-5,7,9H2,(H,15,18). The molecular formula is C13H17N3O3S. The quantitative estimate of drug-likeness (QED) is 0.866. The molecule has 1 fully saturated rings. The van der Waals surface area contributed by atoms with E-state index in [4.69, 9.17) is 4.74 Å². The Morgan fingerprint density at radius 1 is 1.55 bits per heavy atom. The summed E-state index contributed by atoms with van der Waals surface area (Å²) in [6.45, 7) is 1.09. The molecule has 0 unspecified atom stereocenters. The number of ether oxygens (including phenoxy) is 1. The van der Waals surface area contributed by atoms with E-state index in [1.807, 2.05) is 22.2 Å². The second-order valence-corrected chi connectivity index (χ2v) is 5.97. The largest absolute Gasteiger partial charge is 0.394 e. The lowest BCUT2D eigenvalue weighted by molar-refractivity contribution is -0.124. The molecule has 1 aliphatic rings. The van der Waals surface area contributed by atoms with Crippen molar-refractivity contribution in [2.75, 3.05) is 19.8 Å². The number of rotatable bonds is 4. The van der Waals surface area contributed by atoms with Crippen molar-refractivity contribution in [3.63, 3.8) is 0 Å². The third kappa shape index (κ3) is 2.70. The number of imidazole rings is 1. The topological polar surface area (TPSA) is 75.9 Å². The number of hydrogen-bond acceptors (Lipinski definition) is 5. The molecule has 3 heterocycles. The van der Waals surface area contributed by atoms with E-state index in [0.717, 1.165) is 10.7 Å². The van der Waals surface area contributed by atoms with E-state index in [1.54, 1.807) is 0 Å². The molecule has 0 spiro atoms. The van der Waals surface area contributed by atoms with Gasteiger partial charge in [-0.2, -0.15) is 0 Å². The molecule has 7 heteroatoms. The van der Waals surface area contributed by atoms with Gasteiger partial charge in [0, 0.05) is 31.0 Å². The molecule has 3 rings (SSSR count). The van der Waals surface area contributed by atoms with Crippen LogP contribution in [-0.4, -0.2) is 45.8 Å². The van der Waals surface area contributed by atoms with Crippen molar-refractivity contribution in [3.8, 4) is 0 Å². The lowest BCUT2D eigenvalue weighted by atomic mass is 9.91. The number of nitrogens with one attached hydrogen (secondary N) is 1. The zero-order valence-corrected chi connectivity index (χ0v) is 11.9. The zero-order chi connectivity index (χ0) is 14.0. The zero-order valence-electron chi connectivity index (χ0n) is 11.0. The SMILES string of the molecule is O=C(Cc1cn2ccsc2n1)NC1(CO)CCOCC1. The molecule has 20 heavy (non-hydrogen) atoms. The predicted molar refractivity (Wildman–Crippen MR) is 74.8 cm³/mol. The normalized spacial score (nSPS) is 18.2. The van der Waals surface area contributed by atoms with Crippen LogP contribution in [0.5, 0.6) is 0 Å². The molecule has 0 aromatic carbocycles. The maximum atomic E-state index is 12.1. The first kappa shape index (κ1) is 13.5. The lowest BCUT2D eigenvalue weighted by Crippen LogP contribution is -2.55. The van der Waals surface area contributed by atoms with Crippen molar-refractivity contribution < 1.29 is 14.6 Å².